The molecular formula is C15H15ClN2O3. The lowest BCUT2D eigenvalue weighted by Gasteiger charge is -2.23. The zero-order valence-corrected chi connectivity index (χ0v) is 12.2. The molecule has 1 saturated carbocycles. The number of amides is 3. The van der Waals surface area contributed by atoms with Gasteiger partial charge in [0, 0.05) is 5.92 Å². The van der Waals surface area contributed by atoms with Crippen molar-refractivity contribution in [3.63, 3.8) is 0 Å². The molecule has 1 fully saturated rings. The Morgan fingerprint density at radius 1 is 1.14 bits per heavy atom. The quantitative estimate of drug-likeness (QED) is 0.854. The predicted octanol–water partition coefficient (Wildman–Crippen LogP) is 2.55. The molecule has 6 heteroatoms. The van der Waals surface area contributed by atoms with Gasteiger partial charge < -0.3 is 0 Å². The molecule has 1 aromatic rings. The van der Waals surface area contributed by atoms with Gasteiger partial charge in [-0.15, -0.1) is 0 Å². The molecule has 0 bridgehead atoms. The normalized spacial score (nSPS) is 18.8. The van der Waals surface area contributed by atoms with E-state index >= 15 is 0 Å². The number of fused-ring (bicyclic) bond motifs is 1. The van der Waals surface area contributed by atoms with Gasteiger partial charge in [0.15, 0.2) is 0 Å². The van der Waals surface area contributed by atoms with Crippen molar-refractivity contribution in [3.8, 4) is 0 Å². The maximum atomic E-state index is 12.3. The molecule has 0 unspecified atom stereocenters. The molecule has 0 atom stereocenters. The molecule has 3 amide bonds. The second-order valence-electron chi connectivity index (χ2n) is 5.42. The van der Waals surface area contributed by atoms with E-state index in [0.717, 1.165) is 37.1 Å². The predicted molar refractivity (Wildman–Crippen MR) is 76.7 cm³/mol. The van der Waals surface area contributed by atoms with Gasteiger partial charge in [-0.2, -0.15) is 5.01 Å². The molecule has 5 nitrogen and oxygen atoms in total. The van der Waals surface area contributed by atoms with Crippen LogP contribution in [0.3, 0.4) is 0 Å². The summed E-state index contributed by atoms with van der Waals surface area (Å²) in [6, 6.07) is 4.70. The van der Waals surface area contributed by atoms with Crippen LogP contribution in [-0.2, 0) is 4.79 Å². The lowest BCUT2D eigenvalue weighted by molar-refractivity contribution is -0.129. The Bertz CT molecular complexity index is 623. The highest BCUT2D eigenvalue weighted by atomic mass is 35.5. The first-order chi connectivity index (χ1) is 10.1. The average molecular weight is 307 g/mol. The molecule has 0 saturated heterocycles. The summed E-state index contributed by atoms with van der Waals surface area (Å²) in [6.45, 7) is 0. The maximum Gasteiger partial charge on any atom is 0.282 e. The molecule has 1 aliphatic carbocycles. The van der Waals surface area contributed by atoms with E-state index in [9.17, 15) is 14.4 Å². The number of hydrazine groups is 1. The number of hydrogen-bond donors (Lipinski definition) is 1. The molecule has 0 radical (unpaired) electrons. The van der Waals surface area contributed by atoms with Crippen LogP contribution in [0.25, 0.3) is 0 Å². The van der Waals surface area contributed by atoms with Gasteiger partial charge in [-0.25, -0.2) is 0 Å². The molecule has 1 aromatic carbocycles. The van der Waals surface area contributed by atoms with E-state index in [4.69, 9.17) is 11.6 Å². The Hall–Kier alpha value is -1.88. The number of benzene rings is 1. The monoisotopic (exact) mass is 306 g/mol. The van der Waals surface area contributed by atoms with Gasteiger partial charge >= 0.3 is 0 Å². The van der Waals surface area contributed by atoms with Crippen molar-refractivity contribution in [1.29, 1.82) is 0 Å². The van der Waals surface area contributed by atoms with Crippen molar-refractivity contribution >= 4 is 29.3 Å². The van der Waals surface area contributed by atoms with Crippen molar-refractivity contribution < 1.29 is 14.4 Å². The first kappa shape index (κ1) is 14.1. The van der Waals surface area contributed by atoms with Crippen LogP contribution in [0.2, 0.25) is 5.02 Å². The van der Waals surface area contributed by atoms with Crippen molar-refractivity contribution in [2.45, 2.75) is 32.1 Å². The van der Waals surface area contributed by atoms with Crippen LogP contribution in [0.15, 0.2) is 18.2 Å². The van der Waals surface area contributed by atoms with Crippen LogP contribution in [0.5, 0.6) is 0 Å². The van der Waals surface area contributed by atoms with Gasteiger partial charge in [0.2, 0.25) is 5.91 Å². The van der Waals surface area contributed by atoms with Crippen LogP contribution in [0.1, 0.15) is 52.8 Å². The third kappa shape index (κ3) is 2.42. The van der Waals surface area contributed by atoms with Crippen molar-refractivity contribution in [1.82, 2.24) is 10.4 Å². The van der Waals surface area contributed by atoms with E-state index in [1.54, 1.807) is 12.1 Å². The maximum absolute atomic E-state index is 12.3. The largest absolute Gasteiger partial charge is 0.282 e. The van der Waals surface area contributed by atoms with Gasteiger partial charge in [-0.3, -0.25) is 19.8 Å². The molecule has 2 aliphatic rings. The summed E-state index contributed by atoms with van der Waals surface area (Å²) in [5.41, 5.74) is 2.85. The minimum Gasteiger partial charge on any atom is -0.273 e. The zero-order valence-electron chi connectivity index (χ0n) is 11.4. The Kier molecular flexibility index (Phi) is 3.68. The Balaban J connectivity index is 1.79. The standard InChI is InChI=1S/C15H15ClN2O3/c16-11-8-4-7-10-12(11)15(21)18(14(10)20)17-13(19)9-5-2-1-3-6-9/h4,7-9H,1-3,5-6H2,(H,17,19). The lowest BCUT2D eigenvalue weighted by atomic mass is 9.89. The minimum absolute atomic E-state index is 0.126. The van der Waals surface area contributed by atoms with Gasteiger partial charge in [0.25, 0.3) is 11.8 Å². The number of halogens is 1. The highest BCUT2D eigenvalue weighted by Gasteiger charge is 2.39. The first-order valence-electron chi connectivity index (χ1n) is 7.07. The van der Waals surface area contributed by atoms with E-state index < -0.39 is 11.8 Å². The van der Waals surface area contributed by atoms with Crippen LogP contribution < -0.4 is 5.43 Å². The van der Waals surface area contributed by atoms with Crippen molar-refractivity contribution in [3.05, 3.63) is 34.3 Å². The van der Waals surface area contributed by atoms with E-state index in [0.29, 0.717) is 0 Å². The van der Waals surface area contributed by atoms with Crippen molar-refractivity contribution in [2.75, 3.05) is 0 Å². The molecule has 0 spiro atoms. The fourth-order valence-corrected chi connectivity index (χ4v) is 3.17. The summed E-state index contributed by atoms with van der Waals surface area (Å²) in [4.78, 5) is 36.7. The van der Waals surface area contributed by atoms with E-state index in [2.05, 4.69) is 5.43 Å². The molecule has 3 rings (SSSR count). The van der Waals surface area contributed by atoms with Crippen LogP contribution in [-0.4, -0.2) is 22.7 Å². The second-order valence-corrected chi connectivity index (χ2v) is 5.83. The summed E-state index contributed by atoms with van der Waals surface area (Å²) in [6.07, 6.45) is 4.75. The number of nitrogens with one attached hydrogen (secondary N) is 1. The van der Waals surface area contributed by atoms with E-state index in [1.807, 2.05) is 0 Å². The molecule has 1 heterocycles. The number of nitrogens with zero attached hydrogens (tertiary/aromatic N) is 1. The second kappa shape index (κ2) is 5.48. The first-order valence-corrected chi connectivity index (χ1v) is 7.45. The lowest BCUT2D eigenvalue weighted by Crippen LogP contribution is -2.48. The molecule has 1 N–H and O–H groups in total. The molecule has 0 aromatic heterocycles. The number of carbonyl (C=O) groups is 3. The van der Waals surface area contributed by atoms with Crippen LogP contribution in [0, 0.1) is 5.92 Å². The molecule has 21 heavy (non-hydrogen) atoms. The molecule has 110 valence electrons. The minimum atomic E-state index is -0.565. The Labute approximate surface area is 127 Å². The van der Waals surface area contributed by atoms with Crippen LogP contribution in [0.4, 0.5) is 0 Å². The van der Waals surface area contributed by atoms with Gasteiger partial charge in [-0.1, -0.05) is 36.9 Å². The Morgan fingerprint density at radius 2 is 1.86 bits per heavy atom. The summed E-state index contributed by atoms with van der Waals surface area (Å²) in [5, 5.41) is 1.01. The third-order valence-corrected chi connectivity index (χ3v) is 4.38. The number of hydrogen-bond acceptors (Lipinski definition) is 3. The summed E-state index contributed by atoms with van der Waals surface area (Å²) >= 11 is 5.97. The van der Waals surface area contributed by atoms with E-state index in [1.165, 1.54) is 6.07 Å². The number of carbonyl (C=O) groups excluding carboxylic acids is 3. The topological polar surface area (TPSA) is 66.5 Å². The fraction of sp³-hybridized carbons (Fsp3) is 0.400. The van der Waals surface area contributed by atoms with E-state index in [-0.39, 0.29) is 28.0 Å². The Morgan fingerprint density at radius 3 is 2.52 bits per heavy atom. The average Bonchev–Trinajstić information content (AvgIpc) is 2.74. The zero-order chi connectivity index (χ0) is 15.0. The SMILES string of the molecule is O=C(NN1C(=O)c2cccc(Cl)c2C1=O)C1CCCCC1. The smallest absolute Gasteiger partial charge is 0.273 e. The summed E-state index contributed by atoms with van der Waals surface area (Å²) in [5.74, 6) is -1.48. The number of imide groups is 1. The third-order valence-electron chi connectivity index (χ3n) is 4.06. The van der Waals surface area contributed by atoms with Crippen molar-refractivity contribution in [2.24, 2.45) is 5.92 Å². The summed E-state index contributed by atoms with van der Waals surface area (Å²) < 4.78 is 0. The molecular weight excluding hydrogens is 292 g/mol. The van der Waals surface area contributed by atoms with Gasteiger partial charge in [0.1, 0.15) is 0 Å². The van der Waals surface area contributed by atoms with Crippen LogP contribution >= 0.6 is 11.6 Å². The van der Waals surface area contributed by atoms with Gasteiger partial charge in [0.05, 0.1) is 16.1 Å². The molecule has 1 aliphatic heterocycles. The highest BCUT2D eigenvalue weighted by molar-refractivity contribution is 6.37. The fourth-order valence-electron chi connectivity index (χ4n) is 2.91. The number of rotatable bonds is 2. The summed E-state index contributed by atoms with van der Waals surface area (Å²) in [7, 11) is 0. The van der Waals surface area contributed by atoms with Gasteiger partial charge in [-0.05, 0) is 25.0 Å². The highest BCUT2D eigenvalue weighted by Crippen LogP contribution is 2.29.